The third kappa shape index (κ3) is 3.11. The first-order chi connectivity index (χ1) is 9.65. The molecule has 0 saturated carbocycles. The fourth-order valence-electron chi connectivity index (χ4n) is 2.23. The van der Waals surface area contributed by atoms with Crippen LogP contribution in [0.25, 0.3) is 0 Å². The van der Waals surface area contributed by atoms with Crippen LogP contribution in [0.3, 0.4) is 0 Å². The summed E-state index contributed by atoms with van der Waals surface area (Å²) in [7, 11) is 5.24. The Balaban J connectivity index is 2.11. The molecule has 0 bridgehead atoms. The number of aryl methyl sites for hydroxylation is 2. The molecule has 20 heavy (non-hydrogen) atoms. The van der Waals surface area contributed by atoms with E-state index in [4.69, 9.17) is 15.2 Å². The van der Waals surface area contributed by atoms with Crippen molar-refractivity contribution in [3.8, 4) is 11.5 Å². The fourth-order valence-corrected chi connectivity index (χ4v) is 2.23. The summed E-state index contributed by atoms with van der Waals surface area (Å²) in [5, 5.41) is 4.16. The molecule has 1 aromatic carbocycles. The normalized spacial score (nSPS) is 12.2. The molecule has 0 aliphatic heterocycles. The van der Waals surface area contributed by atoms with Gasteiger partial charge in [-0.15, -0.1) is 0 Å². The van der Waals surface area contributed by atoms with Gasteiger partial charge in [0.05, 0.1) is 14.2 Å². The number of ether oxygens (including phenoxy) is 2. The van der Waals surface area contributed by atoms with Gasteiger partial charge in [-0.25, -0.2) is 0 Å². The van der Waals surface area contributed by atoms with E-state index in [0.717, 1.165) is 29.9 Å². The summed E-state index contributed by atoms with van der Waals surface area (Å²) in [6, 6.07) is 7.60. The highest BCUT2D eigenvalue weighted by Gasteiger charge is 2.14. The Morgan fingerprint density at radius 1 is 1.25 bits per heavy atom. The zero-order chi connectivity index (χ0) is 14.5. The van der Waals surface area contributed by atoms with Crippen molar-refractivity contribution in [2.75, 3.05) is 14.2 Å². The van der Waals surface area contributed by atoms with E-state index >= 15 is 0 Å². The van der Waals surface area contributed by atoms with Gasteiger partial charge < -0.3 is 15.2 Å². The van der Waals surface area contributed by atoms with Gasteiger partial charge in [0.2, 0.25) is 0 Å². The molecule has 0 radical (unpaired) electrons. The van der Waals surface area contributed by atoms with Crippen LogP contribution in [0.5, 0.6) is 11.5 Å². The maximum atomic E-state index is 6.30. The lowest BCUT2D eigenvalue weighted by atomic mass is 10.0. The molecule has 1 atom stereocenters. The number of hydrogen-bond donors (Lipinski definition) is 1. The molecule has 0 amide bonds. The molecule has 2 N–H and O–H groups in total. The Hall–Kier alpha value is -2.01. The van der Waals surface area contributed by atoms with Crippen molar-refractivity contribution < 1.29 is 9.47 Å². The lowest BCUT2D eigenvalue weighted by molar-refractivity contribution is 0.394. The quantitative estimate of drug-likeness (QED) is 0.876. The third-order valence-electron chi connectivity index (χ3n) is 3.47. The van der Waals surface area contributed by atoms with E-state index in [1.807, 2.05) is 36.0 Å². The standard InChI is InChI=1S/C15H21N3O2/c1-18-11(8-9-17-18)4-6-14(16)13-10-12(19-2)5-7-15(13)20-3/h5,7-10,14H,4,6,16H2,1-3H3. The second-order valence-electron chi connectivity index (χ2n) is 4.70. The number of rotatable bonds is 6. The van der Waals surface area contributed by atoms with Gasteiger partial charge in [0.25, 0.3) is 0 Å². The van der Waals surface area contributed by atoms with E-state index in [0.29, 0.717) is 0 Å². The maximum Gasteiger partial charge on any atom is 0.123 e. The van der Waals surface area contributed by atoms with Crippen molar-refractivity contribution in [2.24, 2.45) is 12.8 Å². The Morgan fingerprint density at radius 2 is 2.05 bits per heavy atom. The molecule has 2 aromatic rings. The van der Waals surface area contributed by atoms with E-state index in [1.165, 1.54) is 5.69 Å². The summed E-state index contributed by atoms with van der Waals surface area (Å²) in [5.41, 5.74) is 8.43. The van der Waals surface area contributed by atoms with Crippen molar-refractivity contribution in [3.63, 3.8) is 0 Å². The van der Waals surface area contributed by atoms with Crippen LogP contribution in [0.2, 0.25) is 0 Å². The SMILES string of the molecule is COc1ccc(OC)c(C(N)CCc2ccnn2C)c1. The fraction of sp³-hybridized carbons (Fsp3) is 0.400. The molecule has 5 nitrogen and oxygen atoms in total. The molecule has 0 fully saturated rings. The molecule has 0 spiro atoms. The van der Waals surface area contributed by atoms with Gasteiger partial charge >= 0.3 is 0 Å². The average molecular weight is 275 g/mol. The molecular formula is C15H21N3O2. The molecular weight excluding hydrogens is 254 g/mol. The van der Waals surface area contributed by atoms with Gasteiger partial charge in [-0.3, -0.25) is 4.68 Å². The van der Waals surface area contributed by atoms with Crippen LogP contribution >= 0.6 is 0 Å². The predicted octanol–water partition coefficient (Wildman–Crippen LogP) is 2.07. The summed E-state index contributed by atoms with van der Waals surface area (Å²) in [4.78, 5) is 0. The van der Waals surface area contributed by atoms with Crippen molar-refractivity contribution in [2.45, 2.75) is 18.9 Å². The second kappa shape index (κ2) is 6.43. The topological polar surface area (TPSA) is 62.3 Å². The molecule has 0 aliphatic carbocycles. The maximum absolute atomic E-state index is 6.30. The van der Waals surface area contributed by atoms with Crippen LogP contribution in [0.15, 0.2) is 30.5 Å². The van der Waals surface area contributed by atoms with E-state index < -0.39 is 0 Å². The molecule has 1 aromatic heterocycles. The summed E-state index contributed by atoms with van der Waals surface area (Å²) >= 11 is 0. The second-order valence-corrected chi connectivity index (χ2v) is 4.70. The largest absolute Gasteiger partial charge is 0.497 e. The van der Waals surface area contributed by atoms with E-state index in [9.17, 15) is 0 Å². The number of nitrogens with two attached hydrogens (primary N) is 1. The Labute approximate surface area is 119 Å². The molecule has 0 aliphatic rings. The highest BCUT2D eigenvalue weighted by atomic mass is 16.5. The van der Waals surface area contributed by atoms with Crippen molar-refractivity contribution >= 4 is 0 Å². The lowest BCUT2D eigenvalue weighted by Gasteiger charge is -2.16. The van der Waals surface area contributed by atoms with Crippen LogP contribution in [0, 0.1) is 0 Å². The minimum atomic E-state index is -0.102. The van der Waals surface area contributed by atoms with Crippen LogP contribution in [-0.4, -0.2) is 24.0 Å². The summed E-state index contributed by atoms with van der Waals surface area (Å²) in [6.45, 7) is 0. The molecule has 1 heterocycles. The highest BCUT2D eigenvalue weighted by molar-refractivity contribution is 5.42. The first kappa shape index (κ1) is 14.4. The Morgan fingerprint density at radius 3 is 2.65 bits per heavy atom. The van der Waals surface area contributed by atoms with Crippen molar-refractivity contribution in [3.05, 3.63) is 41.7 Å². The summed E-state index contributed by atoms with van der Waals surface area (Å²) in [5.74, 6) is 1.58. The first-order valence-electron chi connectivity index (χ1n) is 6.60. The third-order valence-corrected chi connectivity index (χ3v) is 3.47. The van der Waals surface area contributed by atoms with Gasteiger partial charge in [0.1, 0.15) is 11.5 Å². The van der Waals surface area contributed by atoms with E-state index in [1.54, 1.807) is 20.4 Å². The van der Waals surface area contributed by atoms with Gasteiger partial charge in [-0.1, -0.05) is 0 Å². The molecule has 2 rings (SSSR count). The van der Waals surface area contributed by atoms with Gasteiger partial charge in [-0.05, 0) is 37.1 Å². The Kier molecular flexibility index (Phi) is 4.63. The molecule has 5 heteroatoms. The summed E-state index contributed by atoms with van der Waals surface area (Å²) < 4.78 is 12.5. The average Bonchev–Trinajstić information content (AvgIpc) is 2.89. The monoisotopic (exact) mass is 275 g/mol. The minimum absolute atomic E-state index is 0.102. The first-order valence-corrected chi connectivity index (χ1v) is 6.60. The van der Waals surface area contributed by atoms with Crippen molar-refractivity contribution in [1.29, 1.82) is 0 Å². The molecule has 1 unspecified atom stereocenters. The molecule has 108 valence electrons. The minimum Gasteiger partial charge on any atom is -0.497 e. The van der Waals surface area contributed by atoms with Gasteiger partial charge in [-0.2, -0.15) is 5.10 Å². The van der Waals surface area contributed by atoms with Gasteiger partial charge in [0.15, 0.2) is 0 Å². The number of nitrogens with zero attached hydrogens (tertiary/aromatic N) is 2. The number of methoxy groups -OCH3 is 2. The number of hydrogen-bond acceptors (Lipinski definition) is 4. The summed E-state index contributed by atoms with van der Waals surface area (Å²) in [6.07, 6.45) is 3.49. The number of benzene rings is 1. The highest BCUT2D eigenvalue weighted by Crippen LogP contribution is 2.30. The van der Waals surface area contributed by atoms with E-state index in [-0.39, 0.29) is 6.04 Å². The smallest absolute Gasteiger partial charge is 0.123 e. The zero-order valence-corrected chi connectivity index (χ0v) is 12.2. The van der Waals surface area contributed by atoms with Crippen molar-refractivity contribution in [1.82, 2.24) is 9.78 Å². The van der Waals surface area contributed by atoms with E-state index in [2.05, 4.69) is 5.10 Å². The van der Waals surface area contributed by atoms with Crippen LogP contribution < -0.4 is 15.2 Å². The molecule has 0 saturated heterocycles. The van der Waals surface area contributed by atoms with Crippen LogP contribution in [0.4, 0.5) is 0 Å². The lowest BCUT2D eigenvalue weighted by Crippen LogP contribution is -2.13. The zero-order valence-electron chi connectivity index (χ0n) is 12.2. The van der Waals surface area contributed by atoms with Crippen LogP contribution in [0.1, 0.15) is 23.7 Å². The Bertz CT molecular complexity index is 566. The van der Waals surface area contributed by atoms with Gasteiger partial charge in [0, 0.05) is 30.5 Å². The number of aromatic nitrogens is 2. The van der Waals surface area contributed by atoms with Crippen LogP contribution in [-0.2, 0) is 13.5 Å². The predicted molar refractivity (Wildman–Crippen MR) is 78.0 cm³/mol.